The van der Waals surface area contributed by atoms with E-state index in [0.29, 0.717) is 19.7 Å². The fourth-order valence-electron chi connectivity index (χ4n) is 3.05. The molecule has 164 valence electrons. The first-order valence-corrected chi connectivity index (χ1v) is 13.4. The van der Waals surface area contributed by atoms with E-state index in [1.54, 1.807) is 4.90 Å². The Morgan fingerprint density at radius 2 is 1.75 bits per heavy atom. The minimum atomic E-state index is -2.07. The predicted octanol–water partition coefficient (Wildman–Crippen LogP) is 4.98. The Kier molecular flexibility index (Phi) is 8.57. The van der Waals surface area contributed by atoms with Gasteiger partial charge in [0.1, 0.15) is 5.60 Å². The standard InChI is InChI=1S/C21H41NO5Si/c1-10-25-18(23)14-17(27-28(8,9)21(5,6)7)16-12-11-13-22(15-16)19(24)26-20(2,3)4/h16-17H,10-15H2,1-9H3/t16-,17?/m1/s1. The molecule has 0 aromatic heterocycles. The van der Waals surface area contributed by atoms with E-state index in [2.05, 4.69) is 33.9 Å². The quantitative estimate of drug-likeness (QED) is 0.452. The molecule has 1 rings (SSSR count). The van der Waals surface area contributed by atoms with Crippen LogP contribution in [0.5, 0.6) is 0 Å². The summed E-state index contributed by atoms with van der Waals surface area (Å²) in [6, 6.07) is 0. The molecule has 0 aliphatic carbocycles. The van der Waals surface area contributed by atoms with Gasteiger partial charge in [-0.05, 0) is 58.7 Å². The third-order valence-corrected chi connectivity index (χ3v) is 10.1. The zero-order valence-electron chi connectivity index (χ0n) is 19.4. The molecular weight excluding hydrogens is 374 g/mol. The van der Waals surface area contributed by atoms with Crippen LogP contribution in [0.3, 0.4) is 0 Å². The minimum absolute atomic E-state index is 0.0411. The number of nitrogens with zero attached hydrogens (tertiary/aromatic N) is 1. The maximum Gasteiger partial charge on any atom is 0.410 e. The van der Waals surface area contributed by atoms with Crippen molar-refractivity contribution in [2.24, 2.45) is 5.92 Å². The van der Waals surface area contributed by atoms with Gasteiger partial charge in [-0.25, -0.2) is 4.79 Å². The summed E-state index contributed by atoms with van der Waals surface area (Å²) >= 11 is 0. The number of amides is 1. The molecule has 2 atom stereocenters. The first kappa shape index (κ1) is 25.0. The molecule has 0 spiro atoms. The van der Waals surface area contributed by atoms with Gasteiger partial charge in [-0.2, -0.15) is 0 Å². The smallest absolute Gasteiger partial charge is 0.410 e. The molecule has 0 bridgehead atoms. The number of piperidine rings is 1. The summed E-state index contributed by atoms with van der Waals surface area (Å²) in [6.45, 7) is 20.0. The average Bonchev–Trinajstić information content (AvgIpc) is 2.51. The molecule has 1 aliphatic rings. The van der Waals surface area contributed by atoms with Crippen LogP contribution < -0.4 is 0 Å². The van der Waals surface area contributed by atoms with Crippen LogP contribution in [-0.4, -0.2) is 56.7 Å². The van der Waals surface area contributed by atoms with E-state index in [1.165, 1.54) is 0 Å². The highest BCUT2D eigenvalue weighted by molar-refractivity contribution is 6.74. The molecule has 1 saturated heterocycles. The lowest BCUT2D eigenvalue weighted by Crippen LogP contribution is -2.51. The van der Waals surface area contributed by atoms with Gasteiger partial charge in [-0.15, -0.1) is 0 Å². The topological polar surface area (TPSA) is 65.1 Å². The molecule has 0 saturated carbocycles. The Morgan fingerprint density at radius 1 is 1.14 bits per heavy atom. The van der Waals surface area contributed by atoms with E-state index in [0.717, 1.165) is 12.8 Å². The van der Waals surface area contributed by atoms with Crippen LogP contribution >= 0.6 is 0 Å². The van der Waals surface area contributed by atoms with E-state index in [1.807, 2.05) is 27.7 Å². The van der Waals surface area contributed by atoms with Gasteiger partial charge in [0.15, 0.2) is 8.32 Å². The number of hydrogen-bond donors (Lipinski definition) is 0. The zero-order chi connectivity index (χ0) is 21.8. The molecule has 0 aromatic carbocycles. The first-order valence-electron chi connectivity index (χ1n) is 10.5. The number of carbonyl (C=O) groups is 2. The molecule has 0 radical (unpaired) electrons. The van der Waals surface area contributed by atoms with Crippen LogP contribution in [0.4, 0.5) is 4.79 Å². The van der Waals surface area contributed by atoms with Crippen molar-refractivity contribution in [3.63, 3.8) is 0 Å². The van der Waals surface area contributed by atoms with Gasteiger partial charge in [-0.1, -0.05) is 20.8 Å². The number of hydrogen-bond acceptors (Lipinski definition) is 5. The minimum Gasteiger partial charge on any atom is -0.466 e. The van der Waals surface area contributed by atoms with Crippen molar-refractivity contribution >= 4 is 20.4 Å². The fraction of sp³-hybridized carbons (Fsp3) is 0.905. The molecule has 0 aromatic rings. The number of ether oxygens (including phenoxy) is 2. The lowest BCUT2D eigenvalue weighted by molar-refractivity contribution is -0.146. The summed E-state index contributed by atoms with van der Waals surface area (Å²) in [7, 11) is -2.07. The third-order valence-electron chi connectivity index (χ3n) is 5.56. The van der Waals surface area contributed by atoms with Crippen molar-refractivity contribution in [3.8, 4) is 0 Å². The molecule has 1 amide bonds. The largest absolute Gasteiger partial charge is 0.466 e. The molecule has 1 aliphatic heterocycles. The summed E-state index contributed by atoms with van der Waals surface area (Å²) in [5, 5.41) is 0.0411. The molecule has 6 nitrogen and oxygen atoms in total. The van der Waals surface area contributed by atoms with E-state index < -0.39 is 13.9 Å². The van der Waals surface area contributed by atoms with Gasteiger partial charge < -0.3 is 18.8 Å². The lowest BCUT2D eigenvalue weighted by Gasteiger charge is -2.43. The Labute approximate surface area is 172 Å². The Morgan fingerprint density at radius 3 is 2.25 bits per heavy atom. The van der Waals surface area contributed by atoms with Crippen LogP contribution in [0.15, 0.2) is 0 Å². The van der Waals surface area contributed by atoms with Crippen LogP contribution in [-0.2, 0) is 18.7 Å². The Bertz CT molecular complexity index is 536. The number of esters is 1. The van der Waals surface area contributed by atoms with Crippen molar-refractivity contribution in [2.45, 2.75) is 97.6 Å². The van der Waals surface area contributed by atoms with Crippen LogP contribution in [0, 0.1) is 5.92 Å². The summed E-state index contributed by atoms with van der Waals surface area (Å²) in [6.07, 6.45) is 1.50. The molecule has 1 fully saturated rings. The molecular formula is C21H41NO5Si. The summed E-state index contributed by atoms with van der Waals surface area (Å²) in [5.41, 5.74) is -0.522. The van der Waals surface area contributed by atoms with Gasteiger partial charge in [0.2, 0.25) is 0 Å². The lowest BCUT2D eigenvalue weighted by atomic mass is 9.91. The van der Waals surface area contributed by atoms with Gasteiger partial charge in [-0.3, -0.25) is 4.79 Å². The molecule has 1 unspecified atom stereocenters. The van der Waals surface area contributed by atoms with E-state index >= 15 is 0 Å². The van der Waals surface area contributed by atoms with Crippen LogP contribution in [0.1, 0.15) is 67.7 Å². The maximum absolute atomic E-state index is 12.5. The highest BCUT2D eigenvalue weighted by atomic mass is 28.4. The highest BCUT2D eigenvalue weighted by Crippen LogP contribution is 2.39. The second-order valence-corrected chi connectivity index (χ2v) is 15.0. The van der Waals surface area contributed by atoms with Crippen molar-refractivity contribution < 1.29 is 23.5 Å². The summed E-state index contributed by atoms with van der Waals surface area (Å²) < 4.78 is 17.4. The zero-order valence-corrected chi connectivity index (χ0v) is 20.4. The van der Waals surface area contributed by atoms with Gasteiger partial charge in [0.05, 0.1) is 19.1 Å². The maximum atomic E-state index is 12.5. The second-order valence-electron chi connectivity index (χ2n) is 10.3. The van der Waals surface area contributed by atoms with Crippen molar-refractivity contribution in [1.82, 2.24) is 4.90 Å². The van der Waals surface area contributed by atoms with E-state index in [4.69, 9.17) is 13.9 Å². The monoisotopic (exact) mass is 415 g/mol. The van der Waals surface area contributed by atoms with E-state index in [9.17, 15) is 9.59 Å². The molecule has 28 heavy (non-hydrogen) atoms. The number of rotatable bonds is 6. The third kappa shape index (κ3) is 7.74. The fourth-order valence-corrected chi connectivity index (χ4v) is 4.44. The first-order chi connectivity index (χ1) is 12.7. The highest BCUT2D eigenvalue weighted by Gasteiger charge is 2.42. The van der Waals surface area contributed by atoms with Gasteiger partial charge >= 0.3 is 12.1 Å². The van der Waals surface area contributed by atoms with Crippen molar-refractivity contribution in [2.75, 3.05) is 19.7 Å². The summed E-state index contributed by atoms with van der Waals surface area (Å²) in [5.74, 6) is -0.139. The Balaban J connectivity index is 2.95. The van der Waals surface area contributed by atoms with Gasteiger partial charge in [0.25, 0.3) is 0 Å². The molecule has 0 N–H and O–H groups in total. The SMILES string of the molecule is CCOC(=O)CC(O[Si](C)(C)C(C)(C)C)[C@@H]1CCCN(C(=O)OC(C)(C)C)C1. The van der Waals surface area contributed by atoms with E-state index in [-0.39, 0.29) is 35.5 Å². The van der Waals surface area contributed by atoms with Gasteiger partial charge in [0, 0.05) is 19.0 Å². The van der Waals surface area contributed by atoms with Crippen molar-refractivity contribution in [1.29, 1.82) is 0 Å². The number of carbonyl (C=O) groups excluding carboxylic acids is 2. The molecule has 1 heterocycles. The van der Waals surface area contributed by atoms with Crippen LogP contribution in [0.25, 0.3) is 0 Å². The summed E-state index contributed by atoms with van der Waals surface area (Å²) in [4.78, 5) is 26.5. The van der Waals surface area contributed by atoms with Crippen LogP contribution in [0.2, 0.25) is 18.1 Å². The van der Waals surface area contributed by atoms with Crippen molar-refractivity contribution in [3.05, 3.63) is 0 Å². The predicted molar refractivity (Wildman–Crippen MR) is 114 cm³/mol. The second kappa shape index (κ2) is 9.61. The number of likely N-dealkylation sites (tertiary alicyclic amines) is 1. The average molecular weight is 416 g/mol. The Hall–Kier alpha value is -1.08. The molecule has 7 heteroatoms. The normalized spacial score (nSPS) is 19.9.